The first-order chi connectivity index (χ1) is 9.74. The van der Waals surface area contributed by atoms with Crippen LogP contribution < -0.4 is 10.6 Å². The largest absolute Gasteiger partial charge is 0.395 e. The highest BCUT2D eigenvalue weighted by molar-refractivity contribution is 5.56. The maximum Gasteiger partial charge on any atom is 0.0606 e. The second-order valence-corrected chi connectivity index (χ2v) is 4.97. The molecule has 2 rings (SSSR count). The molecule has 3 nitrogen and oxygen atoms in total. The molecule has 0 aliphatic rings. The second-order valence-electron chi connectivity index (χ2n) is 4.97. The first-order valence-corrected chi connectivity index (χ1v) is 6.94. The van der Waals surface area contributed by atoms with Gasteiger partial charge in [-0.1, -0.05) is 42.5 Å². The molecule has 0 heterocycles. The van der Waals surface area contributed by atoms with Crippen LogP contribution in [0.1, 0.15) is 16.7 Å². The number of nitrogens with zero attached hydrogens (tertiary/aromatic N) is 1. The van der Waals surface area contributed by atoms with E-state index in [1.54, 1.807) is 0 Å². The molecule has 0 saturated heterocycles. The topological polar surface area (TPSA) is 49.5 Å². The minimum Gasteiger partial charge on any atom is -0.395 e. The van der Waals surface area contributed by atoms with Gasteiger partial charge >= 0.3 is 0 Å². The Labute approximate surface area is 120 Å². The molecule has 2 aromatic rings. The van der Waals surface area contributed by atoms with E-state index in [1.807, 2.05) is 18.2 Å². The molecule has 3 N–H and O–H groups in total. The Morgan fingerprint density at radius 2 is 1.85 bits per heavy atom. The monoisotopic (exact) mass is 270 g/mol. The Bertz CT molecular complexity index is 540. The molecule has 0 unspecified atom stereocenters. The lowest BCUT2D eigenvalue weighted by Crippen LogP contribution is -2.27. The highest BCUT2D eigenvalue weighted by Crippen LogP contribution is 2.23. The molecule has 0 spiro atoms. The molecule has 0 radical (unpaired) electrons. The summed E-state index contributed by atoms with van der Waals surface area (Å²) in [6, 6.07) is 16.6. The average Bonchev–Trinajstić information content (AvgIpc) is 2.48. The minimum atomic E-state index is 0.130. The van der Waals surface area contributed by atoms with Gasteiger partial charge in [0.25, 0.3) is 0 Å². The van der Waals surface area contributed by atoms with E-state index < -0.39 is 0 Å². The van der Waals surface area contributed by atoms with Gasteiger partial charge in [0.2, 0.25) is 0 Å². The van der Waals surface area contributed by atoms with Gasteiger partial charge in [0.1, 0.15) is 0 Å². The summed E-state index contributed by atoms with van der Waals surface area (Å²) in [5, 5.41) is 9.34. The molecule has 0 aliphatic carbocycles. The van der Waals surface area contributed by atoms with E-state index in [-0.39, 0.29) is 6.61 Å². The van der Waals surface area contributed by atoms with Crippen LogP contribution in [0.15, 0.2) is 48.5 Å². The fourth-order valence-electron chi connectivity index (χ4n) is 2.35. The van der Waals surface area contributed by atoms with E-state index in [2.05, 4.69) is 42.2 Å². The average molecular weight is 270 g/mol. The summed E-state index contributed by atoms with van der Waals surface area (Å²) in [6.45, 7) is 4.09. The Balaban J connectivity index is 2.30. The van der Waals surface area contributed by atoms with Gasteiger partial charge in [-0.2, -0.15) is 0 Å². The molecular formula is C17H22N2O. The van der Waals surface area contributed by atoms with Crippen LogP contribution in [0.5, 0.6) is 0 Å². The molecule has 0 saturated carbocycles. The van der Waals surface area contributed by atoms with Crippen molar-refractivity contribution in [3.8, 4) is 0 Å². The highest BCUT2D eigenvalue weighted by Gasteiger charge is 2.11. The summed E-state index contributed by atoms with van der Waals surface area (Å²) in [4.78, 5) is 2.19. The molecular weight excluding hydrogens is 248 g/mol. The summed E-state index contributed by atoms with van der Waals surface area (Å²) < 4.78 is 0. The van der Waals surface area contributed by atoms with Crippen molar-refractivity contribution in [1.82, 2.24) is 0 Å². The third-order valence-corrected chi connectivity index (χ3v) is 3.39. The smallest absolute Gasteiger partial charge is 0.0606 e. The normalized spacial score (nSPS) is 10.6. The molecule has 0 fully saturated rings. The third kappa shape index (κ3) is 3.59. The maximum absolute atomic E-state index is 9.34. The lowest BCUT2D eigenvalue weighted by Gasteiger charge is -2.27. The van der Waals surface area contributed by atoms with E-state index in [9.17, 15) is 5.11 Å². The molecule has 0 aliphatic heterocycles. The quantitative estimate of drug-likeness (QED) is 0.847. The fraction of sp³-hybridized carbons (Fsp3) is 0.294. The molecule has 0 atom stereocenters. The Morgan fingerprint density at radius 1 is 1.10 bits per heavy atom. The van der Waals surface area contributed by atoms with E-state index in [1.165, 1.54) is 11.1 Å². The number of benzene rings is 2. The third-order valence-electron chi connectivity index (χ3n) is 3.39. The van der Waals surface area contributed by atoms with Crippen molar-refractivity contribution >= 4 is 5.69 Å². The van der Waals surface area contributed by atoms with Gasteiger partial charge in [0.15, 0.2) is 0 Å². The van der Waals surface area contributed by atoms with Gasteiger partial charge in [-0.15, -0.1) is 0 Å². The van der Waals surface area contributed by atoms with Crippen LogP contribution >= 0.6 is 0 Å². The van der Waals surface area contributed by atoms with Crippen LogP contribution in [0.3, 0.4) is 0 Å². The van der Waals surface area contributed by atoms with E-state index in [0.717, 1.165) is 17.8 Å². The zero-order chi connectivity index (χ0) is 14.4. The Morgan fingerprint density at radius 3 is 2.50 bits per heavy atom. The fourth-order valence-corrected chi connectivity index (χ4v) is 2.35. The molecule has 20 heavy (non-hydrogen) atoms. The summed E-state index contributed by atoms with van der Waals surface area (Å²) >= 11 is 0. The lowest BCUT2D eigenvalue weighted by atomic mass is 10.1. The molecule has 0 aromatic heterocycles. The lowest BCUT2D eigenvalue weighted by molar-refractivity contribution is 0.301. The van der Waals surface area contributed by atoms with Gasteiger partial charge < -0.3 is 15.7 Å². The van der Waals surface area contributed by atoms with E-state index in [0.29, 0.717) is 13.1 Å². The van der Waals surface area contributed by atoms with Crippen molar-refractivity contribution in [3.05, 3.63) is 65.2 Å². The van der Waals surface area contributed by atoms with E-state index >= 15 is 0 Å². The highest BCUT2D eigenvalue weighted by atomic mass is 16.3. The SMILES string of the molecule is Cc1ccc(CN)c(N(CCO)Cc2ccccc2)c1. The first-order valence-electron chi connectivity index (χ1n) is 6.94. The number of aryl methyl sites for hydroxylation is 1. The van der Waals surface area contributed by atoms with Crippen molar-refractivity contribution in [1.29, 1.82) is 0 Å². The second kappa shape index (κ2) is 7.08. The van der Waals surface area contributed by atoms with Crippen LogP contribution in [-0.4, -0.2) is 18.3 Å². The summed E-state index contributed by atoms with van der Waals surface area (Å²) in [6.07, 6.45) is 0. The number of rotatable bonds is 6. The zero-order valence-electron chi connectivity index (χ0n) is 11.9. The standard InChI is InChI=1S/C17H22N2O/c1-14-7-8-16(12-18)17(11-14)19(9-10-20)13-15-5-3-2-4-6-15/h2-8,11,20H,9-10,12-13,18H2,1H3. The maximum atomic E-state index is 9.34. The number of anilines is 1. The van der Waals surface area contributed by atoms with Crippen molar-refractivity contribution in [2.75, 3.05) is 18.1 Å². The van der Waals surface area contributed by atoms with Gasteiger partial charge in [0.05, 0.1) is 6.61 Å². The Hall–Kier alpha value is -1.84. The van der Waals surface area contributed by atoms with Crippen molar-refractivity contribution < 1.29 is 5.11 Å². The van der Waals surface area contributed by atoms with Crippen LogP contribution in [0.2, 0.25) is 0 Å². The molecule has 2 aromatic carbocycles. The van der Waals surface area contributed by atoms with Crippen LogP contribution in [0.4, 0.5) is 5.69 Å². The van der Waals surface area contributed by atoms with Crippen LogP contribution in [0.25, 0.3) is 0 Å². The zero-order valence-corrected chi connectivity index (χ0v) is 11.9. The summed E-state index contributed by atoms with van der Waals surface area (Å²) in [5.74, 6) is 0. The predicted molar refractivity (Wildman–Crippen MR) is 83.6 cm³/mol. The van der Waals surface area contributed by atoms with Gasteiger partial charge in [-0.3, -0.25) is 0 Å². The number of aliphatic hydroxyl groups is 1. The molecule has 0 bridgehead atoms. The number of nitrogens with two attached hydrogens (primary N) is 1. The van der Waals surface area contributed by atoms with Gasteiger partial charge in [-0.25, -0.2) is 0 Å². The molecule has 0 amide bonds. The first kappa shape index (κ1) is 14.6. The number of hydrogen-bond acceptors (Lipinski definition) is 3. The predicted octanol–water partition coefficient (Wildman–Crippen LogP) is 2.45. The van der Waals surface area contributed by atoms with E-state index in [4.69, 9.17) is 5.73 Å². The Kier molecular flexibility index (Phi) is 5.16. The van der Waals surface area contributed by atoms with Crippen molar-refractivity contribution in [3.63, 3.8) is 0 Å². The van der Waals surface area contributed by atoms with Crippen LogP contribution in [-0.2, 0) is 13.1 Å². The minimum absolute atomic E-state index is 0.130. The van der Waals surface area contributed by atoms with Crippen molar-refractivity contribution in [2.24, 2.45) is 5.73 Å². The molecule has 106 valence electrons. The summed E-state index contributed by atoms with van der Waals surface area (Å²) in [5.41, 5.74) is 10.5. The number of hydrogen-bond donors (Lipinski definition) is 2. The summed E-state index contributed by atoms with van der Waals surface area (Å²) in [7, 11) is 0. The van der Waals surface area contributed by atoms with Crippen molar-refractivity contribution in [2.45, 2.75) is 20.0 Å². The van der Waals surface area contributed by atoms with Crippen LogP contribution in [0, 0.1) is 6.92 Å². The van der Waals surface area contributed by atoms with Gasteiger partial charge in [0, 0.05) is 25.3 Å². The number of aliphatic hydroxyl groups excluding tert-OH is 1. The molecule has 3 heteroatoms. The van der Waals surface area contributed by atoms with Gasteiger partial charge in [-0.05, 0) is 29.7 Å².